The van der Waals surface area contributed by atoms with Crippen molar-refractivity contribution >= 4 is 34.5 Å². The van der Waals surface area contributed by atoms with Crippen LogP contribution in [0.4, 0.5) is 5.69 Å². The maximum atomic E-state index is 10.2. The minimum atomic E-state index is 0.175. The summed E-state index contributed by atoms with van der Waals surface area (Å²) in [6.45, 7) is 8.16. The van der Waals surface area contributed by atoms with Gasteiger partial charge in [-0.05, 0) is 84.3 Å². The van der Waals surface area contributed by atoms with E-state index < -0.39 is 0 Å². The summed E-state index contributed by atoms with van der Waals surface area (Å²) in [5.41, 5.74) is 3.73. The van der Waals surface area contributed by atoms with E-state index >= 15 is 0 Å². The molecule has 23 heavy (non-hydrogen) atoms. The Labute approximate surface area is 150 Å². The fraction of sp³-hybridized carbons (Fsp3) is 0.211. The van der Waals surface area contributed by atoms with Crippen molar-refractivity contribution in [1.82, 2.24) is 0 Å². The van der Waals surface area contributed by atoms with Gasteiger partial charge < -0.3 is 9.84 Å². The molecule has 0 atom stereocenters. The first kappa shape index (κ1) is 17.5. The van der Waals surface area contributed by atoms with Gasteiger partial charge in [0.25, 0.3) is 0 Å². The fourth-order valence-corrected chi connectivity index (χ4v) is 2.90. The second-order valence-electron chi connectivity index (χ2n) is 5.14. The highest BCUT2D eigenvalue weighted by molar-refractivity contribution is 14.1. The molecule has 0 heterocycles. The molecule has 0 aliphatic rings. The van der Waals surface area contributed by atoms with Crippen LogP contribution in [-0.2, 0) is 6.42 Å². The fourth-order valence-electron chi connectivity index (χ4n) is 2.25. The van der Waals surface area contributed by atoms with Crippen LogP contribution in [0.1, 0.15) is 23.6 Å². The Morgan fingerprint density at radius 3 is 2.74 bits per heavy atom. The molecule has 0 saturated carbocycles. The lowest BCUT2D eigenvalue weighted by Gasteiger charge is -2.11. The van der Waals surface area contributed by atoms with Crippen LogP contribution in [0.25, 0.3) is 0 Å². The highest BCUT2D eigenvalue weighted by atomic mass is 127. The molecule has 0 aliphatic heterocycles. The number of phenolic OH excluding ortho intramolecular Hbond substituents is 1. The summed E-state index contributed by atoms with van der Waals surface area (Å²) in [4.78, 5) is 4.56. The standard InChI is InChI=1S/C19H20INO2/c1-4-6-15-10-14(11-18(19(15)22)23-5-2)12-21-17-8-7-16(20)9-13(17)3/h4,7-12,22H,1,5-6H2,2-3H3. The number of aromatic hydroxyl groups is 1. The van der Waals surface area contributed by atoms with Crippen molar-refractivity contribution in [3.8, 4) is 11.5 Å². The molecular weight excluding hydrogens is 401 g/mol. The number of aryl methyl sites for hydroxylation is 1. The first-order valence-corrected chi connectivity index (χ1v) is 8.52. The van der Waals surface area contributed by atoms with E-state index in [1.165, 1.54) is 3.57 Å². The van der Waals surface area contributed by atoms with E-state index in [0.29, 0.717) is 18.8 Å². The van der Waals surface area contributed by atoms with Gasteiger partial charge in [0.2, 0.25) is 0 Å². The Morgan fingerprint density at radius 2 is 2.09 bits per heavy atom. The molecule has 0 bridgehead atoms. The third-order valence-electron chi connectivity index (χ3n) is 3.35. The smallest absolute Gasteiger partial charge is 0.161 e. The van der Waals surface area contributed by atoms with E-state index in [9.17, 15) is 5.11 Å². The first-order chi connectivity index (χ1) is 11.0. The molecule has 0 aliphatic carbocycles. The van der Waals surface area contributed by atoms with Crippen LogP contribution in [-0.4, -0.2) is 17.9 Å². The van der Waals surface area contributed by atoms with E-state index in [-0.39, 0.29) is 5.75 Å². The summed E-state index contributed by atoms with van der Waals surface area (Å²) >= 11 is 2.29. The van der Waals surface area contributed by atoms with E-state index in [1.807, 2.05) is 32.0 Å². The lowest BCUT2D eigenvalue weighted by atomic mass is 10.1. The van der Waals surface area contributed by atoms with Crippen LogP contribution in [0.15, 0.2) is 48.0 Å². The number of hydrogen-bond acceptors (Lipinski definition) is 3. The number of phenols is 1. The zero-order valence-corrected chi connectivity index (χ0v) is 15.5. The topological polar surface area (TPSA) is 41.8 Å². The highest BCUT2D eigenvalue weighted by Gasteiger charge is 2.09. The van der Waals surface area contributed by atoms with E-state index in [0.717, 1.165) is 22.4 Å². The lowest BCUT2D eigenvalue weighted by molar-refractivity contribution is 0.317. The first-order valence-electron chi connectivity index (χ1n) is 7.45. The molecule has 1 N–H and O–H groups in total. The Morgan fingerprint density at radius 1 is 1.30 bits per heavy atom. The van der Waals surface area contributed by atoms with Gasteiger partial charge in [-0.25, -0.2) is 0 Å². The average Bonchev–Trinajstić information content (AvgIpc) is 2.51. The van der Waals surface area contributed by atoms with Crippen molar-refractivity contribution in [3.05, 3.63) is 63.2 Å². The Bertz CT molecular complexity index is 738. The highest BCUT2D eigenvalue weighted by Crippen LogP contribution is 2.32. The zero-order valence-electron chi connectivity index (χ0n) is 13.3. The van der Waals surface area contributed by atoms with Crippen LogP contribution < -0.4 is 4.74 Å². The van der Waals surface area contributed by atoms with Gasteiger partial charge in [-0.15, -0.1) is 6.58 Å². The molecule has 2 aromatic rings. The Balaban J connectivity index is 2.38. The minimum Gasteiger partial charge on any atom is -0.504 e. The molecule has 0 saturated heterocycles. The molecule has 0 unspecified atom stereocenters. The molecule has 2 aromatic carbocycles. The number of allylic oxidation sites excluding steroid dienone is 1. The molecule has 0 aromatic heterocycles. The Hall–Kier alpha value is -1.82. The maximum absolute atomic E-state index is 10.2. The number of ether oxygens (including phenoxy) is 1. The van der Waals surface area contributed by atoms with Gasteiger partial charge in [0.15, 0.2) is 11.5 Å². The van der Waals surface area contributed by atoms with E-state index in [2.05, 4.69) is 40.2 Å². The normalized spacial score (nSPS) is 10.9. The van der Waals surface area contributed by atoms with Gasteiger partial charge in [-0.3, -0.25) is 4.99 Å². The SMILES string of the molecule is C=CCc1cc(C=Nc2ccc(I)cc2C)cc(OCC)c1O. The number of halogens is 1. The molecule has 120 valence electrons. The minimum absolute atomic E-state index is 0.175. The molecular formula is C19H20INO2. The summed E-state index contributed by atoms with van der Waals surface area (Å²) in [7, 11) is 0. The van der Waals surface area contributed by atoms with Gasteiger partial charge in [0.05, 0.1) is 12.3 Å². The predicted molar refractivity (Wildman–Crippen MR) is 104 cm³/mol. The van der Waals surface area contributed by atoms with Gasteiger partial charge in [0, 0.05) is 15.3 Å². The van der Waals surface area contributed by atoms with Crippen LogP contribution in [0.3, 0.4) is 0 Å². The second-order valence-corrected chi connectivity index (χ2v) is 6.39. The van der Waals surface area contributed by atoms with Crippen molar-refractivity contribution in [2.75, 3.05) is 6.61 Å². The van der Waals surface area contributed by atoms with Gasteiger partial charge in [-0.2, -0.15) is 0 Å². The van der Waals surface area contributed by atoms with Crippen molar-refractivity contribution < 1.29 is 9.84 Å². The largest absolute Gasteiger partial charge is 0.504 e. The molecule has 0 spiro atoms. The third-order valence-corrected chi connectivity index (χ3v) is 4.02. The predicted octanol–water partition coefficient (Wildman–Crippen LogP) is 5.18. The molecule has 3 nitrogen and oxygen atoms in total. The summed E-state index contributed by atoms with van der Waals surface area (Å²) in [5, 5.41) is 10.2. The van der Waals surface area contributed by atoms with Crippen LogP contribution >= 0.6 is 22.6 Å². The molecule has 0 radical (unpaired) electrons. The van der Waals surface area contributed by atoms with Crippen LogP contribution in [0.5, 0.6) is 11.5 Å². The number of aliphatic imine (C=N–C) groups is 1. The van der Waals surface area contributed by atoms with E-state index in [4.69, 9.17) is 4.74 Å². The summed E-state index contributed by atoms with van der Waals surface area (Å²) in [6.07, 6.45) is 4.13. The third kappa shape index (κ3) is 4.58. The molecule has 0 amide bonds. The quantitative estimate of drug-likeness (QED) is 0.397. The number of hydrogen-bond donors (Lipinski definition) is 1. The summed E-state index contributed by atoms with van der Waals surface area (Å²) < 4.78 is 6.70. The number of rotatable bonds is 6. The van der Waals surface area contributed by atoms with Crippen LogP contribution in [0, 0.1) is 10.5 Å². The monoisotopic (exact) mass is 421 g/mol. The Kier molecular flexibility index (Phi) is 6.21. The molecule has 4 heteroatoms. The number of nitrogens with zero attached hydrogens (tertiary/aromatic N) is 1. The van der Waals surface area contributed by atoms with Crippen molar-refractivity contribution in [3.63, 3.8) is 0 Å². The second kappa shape index (κ2) is 8.15. The van der Waals surface area contributed by atoms with Gasteiger partial charge in [-0.1, -0.05) is 6.08 Å². The lowest BCUT2D eigenvalue weighted by Crippen LogP contribution is -1.96. The number of benzene rings is 2. The van der Waals surface area contributed by atoms with Gasteiger partial charge >= 0.3 is 0 Å². The van der Waals surface area contributed by atoms with Gasteiger partial charge in [0.1, 0.15) is 0 Å². The average molecular weight is 421 g/mol. The molecule has 2 rings (SSSR count). The maximum Gasteiger partial charge on any atom is 0.161 e. The van der Waals surface area contributed by atoms with Crippen molar-refractivity contribution in [2.24, 2.45) is 4.99 Å². The zero-order chi connectivity index (χ0) is 16.8. The summed E-state index contributed by atoms with van der Waals surface area (Å²) in [5.74, 6) is 0.655. The summed E-state index contributed by atoms with van der Waals surface area (Å²) in [6, 6.07) is 9.84. The van der Waals surface area contributed by atoms with Crippen molar-refractivity contribution in [2.45, 2.75) is 20.3 Å². The molecule has 0 fully saturated rings. The van der Waals surface area contributed by atoms with Crippen molar-refractivity contribution in [1.29, 1.82) is 0 Å². The van der Waals surface area contributed by atoms with E-state index in [1.54, 1.807) is 18.4 Å². The van der Waals surface area contributed by atoms with Crippen LogP contribution in [0.2, 0.25) is 0 Å².